The Hall–Kier alpha value is -0.590. The number of ketones is 1. The molecule has 16 heavy (non-hydrogen) atoms. The molecule has 88 valence electrons. The summed E-state index contributed by atoms with van der Waals surface area (Å²) in [5.41, 5.74) is 0.301. The molecule has 0 aromatic carbocycles. The van der Waals surface area contributed by atoms with E-state index in [0.717, 1.165) is 25.2 Å². The fraction of sp³-hybridized carbons (Fsp3) is 0.800. The Balaban J connectivity index is 1.95. The van der Waals surface area contributed by atoms with Crippen LogP contribution < -0.4 is 0 Å². The van der Waals surface area contributed by atoms with Gasteiger partial charge in [-0.25, -0.2) is 0 Å². The van der Waals surface area contributed by atoms with E-state index < -0.39 is 0 Å². The maximum atomic E-state index is 12.3. The highest BCUT2D eigenvalue weighted by Crippen LogP contribution is 2.56. The monoisotopic (exact) mass is 218 g/mol. The summed E-state index contributed by atoms with van der Waals surface area (Å²) >= 11 is 0. The van der Waals surface area contributed by atoms with Gasteiger partial charge in [-0.1, -0.05) is 31.9 Å². The van der Waals surface area contributed by atoms with Gasteiger partial charge in [0.05, 0.1) is 0 Å². The van der Waals surface area contributed by atoms with E-state index in [9.17, 15) is 4.79 Å². The smallest absolute Gasteiger partial charge is 0.137 e. The van der Waals surface area contributed by atoms with Crippen LogP contribution in [-0.2, 0) is 4.79 Å². The molecule has 2 fully saturated rings. The predicted octanol–water partition coefficient (Wildman–Crippen LogP) is 3.74. The van der Waals surface area contributed by atoms with E-state index in [1.165, 1.54) is 25.7 Å². The van der Waals surface area contributed by atoms with Crippen LogP contribution in [0.4, 0.5) is 0 Å². The minimum absolute atomic E-state index is 0.301. The Morgan fingerprint density at radius 2 is 2.06 bits per heavy atom. The van der Waals surface area contributed by atoms with Gasteiger partial charge in [-0.05, 0) is 42.9 Å². The van der Waals surface area contributed by atoms with Gasteiger partial charge >= 0.3 is 0 Å². The van der Waals surface area contributed by atoms with Crippen molar-refractivity contribution in [2.24, 2.45) is 23.2 Å². The van der Waals surface area contributed by atoms with E-state index in [4.69, 9.17) is 0 Å². The second-order valence-electron chi connectivity index (χ2n) is 6.29. The first kappa shape index (κ1) is 10.6. The van der Waals surface area contributed by atoms with Crippen LogP contribution in [0.3, 0.4) is 0 Å². The Bertz CT molecular complexity index is 330. The fourth-order valence-corrected chi connectivity index (χ4v) is 4.61. The van der Waals surface area contributed by atoms with Gasteiger partial charge in [0.25, 0.3) is 0 Å². The van der Waals surface area contributed by atoms with Crippen LogP contribution in [0.5, 0.6) is 0 Å². The molecule has 0 bridgehead atoms. The third kappa shape index (κ3) is 1.40. The van der Waals surface area contributed by atoms with E-state index in [1.807, 2.05) is 0 Å². The van der Waals surface area contributed by atoms with E-state index in [0.29, 0.717) is 23.0 Å². The lowest BCUT2D eigenvalue weighted by molar-refractivity contribution is -0.139. The van der Waals surface area contributed by atoms with Crippen LogP contribution in [-0.4, -0.2) is 5.78 Å². The van der Waals surface area contributed by atoms with Crippen molar-refractivity contribution in [3.8, 4) is 0 Å². The highest BCUT2D eigenvalue weighted by atomic mass is 16.1. The number of carbonyl (C=O) groups excluding carboxylic acids is 1. The van der Waals surface area contributed by atoms with E-state index >= 15 is 0 Å². The van der Waals surface area contributed by atoms with Crippen LogP contribution in [0.1, 0.15) is 51.9 Å². The van der Waals surface area contributed by atoms with E-state index in [2.05, 4.69) is 19.1 Å². The molecule has 3 rings (SSSR count). The summed E-state index contributed by atoms with van der Waals surface area (Å²) in [5.74, 6) is 2.45. The molecule has 0 radical (unpaired) electrons. The lowest BCUT2D eigenvalue weighted by Crippen LogP contribution is -2.49. The van der Waals surface area contributed by atoms with Crippen molar-refractivity contribution in [2.75, 3.05) is 0 Å². The standard InChI is InChI=1S/C15H22O/c1-15-9-5-4-8-13(15)14(16)10-11-6-2-3-7-12(11)15/h4-5,11-13H,2-3,6-10H2,1H3/t11-,12?,13?,15-/m1/s1. The van der Waals surface area contributed by atoms with Crippen molar-refractivity contribution < 1.29 is 4.79 Å². The Labute approximate surface area is 98.3 Å². The summed E-state index contributed by atoms with van der Waals surface area (Å²) < 4.78 is 0. The number of hydrogen-bond donors (Lipinski definition) is 0. The number of Topliss-reactive ketones (excluding diaryl/α,β-unsaturated/α-hetero) is 1. The zero-order chi connectivity index (χ0) is 11.2. The molecule has 0 aliphatic heterocycles. The maximum absolute atomic E-state index is 12.3. The minimum Gasteiger partial charge on any atom is -0.299 e. The largest absolute Gasteiger partial charge is 0.299 e. The summed E-state index contributed by atoms with van der Waals surface area (Å²) in [7, 11) is 0. The molecule has 1 nitrogen and oxygen atoms in total. The van der Waals surface area contributed by atoms with Crippen molar-refractivity contribution >= 4 is 5.78 Å². The summed E-state index contributed by atoms with van der Waals surface area (Å²) in [6.45, 7) is 2.39. The highest BCUT2D eigenvalue weighted by Gasteiger charge is 2.51. The maximum Gasteiger partial charge on any atom is 0.137 e. The molecule has 0 N–H and O–H groups in total. The quantitative estimate of drug-likeness (QED) is 0.566. The van der Waals surface area contributed by atoms with E-state index in [1.54, 1.807) is 0 Å². The molecule has 1 heteroatoms. The molecule has 3 aliphatic carbocycles. The van der Waals surface area contributed by atoms with Gasteiger partial charge in [-0.3, -0.25) is 4.79 Å². The van der Waals surface area contributed by atoms with Crippen molar-refractivity contribution in [1.82, 2.24) is 0 Å². The van der Waals surface area contributed by atoms with Crippen molar-refractivity contribution in [3.05, 3.63) is 12.2 Å². The zero-order valence-electron chi connectivity index (χ0n) is 10.2. The highest BCUT2D eigenvalue weighted by molar-refractivity contribution is 5.83. The van der Waals surface area contributed by atoms with E-state index in [-0.39, 0.29) is 0 Å². The van der Waals surface area contributed by atoms with Crippen molar-refractivity contribution in [1.29, 1.82) is 0 Å². The van der Waals surface area contributed by atoms with Crippen LogP contribution in [0.15, 0.2) is 12.2 Å². The number of carbonyl (C=O) groups is 1. The van der Waals surface area contributed by atoms with Gasteiger partial charge in [-0.15, -0.1) is 0 Å². The number of fused-ring (bicyclic) bond motifs is 3. The van der Waals surface area contributed by atoms with Gasteiger partial charge < -0.3 is 0 Å². The normalized spacial score (nSPS) is 47.3. The molecular weight excluding hydrogens is 196 g/mol. The Kier molecular flexibility index (Phi) is 2.45. The molecule has 0 spiro atoms. The predicted molar refractivity (Wildman–Crippen MR) is 65.0 cm³/mol. The average Bonchev–Trinajstić information content (AvgIpc) is 2.29. The molecule has 4 atom stereocenters. The lowest BCUT2D eigenvalue weighted by atomic mass is 9.50. The van der Waals surface area contributed by atoms with Crippen molar-refractivity contribution in [2.45, 2.75) is 51.9 Å². The topological polar surface area (TPSA) is 17.1 Å². The first-order valence-electron chi connectivity index (χ1n) is 6.89. The zero-order valence-corrected chi connectivity index (χ0v) is 10.2. The molecule has 0 aromatic heterocycles. The molecule has 0 heterocycles. The third-order valence-corrected chi connectivity index (χ3v) is 5.50. The van der Waals surface area contributed by atoms with Gasteiger partial charge in [0.2, 0.25) is 0 Å². The second kappa shape index (κ2) is 3.72. The molecular formula is C15H22O. The summed E-state index contributed by atoms with van der Waals surface area (Å²) in [6, 6.07) is 0. The Morgan fingerprint density at radius 3 is 2.94 bits per heavy atom. The molecule has 2 unspecified atom stereocenters. The average molecular weight is 218 g/mol. The van der Waals surface area contributed by atoms with Gasteiger partial charge in [0.1, 0.15) is 5.78 Å². The Morgan fingerprint density at radius 1 is 1.25 bits per heavy atom. The van der Waals surface area contributed by atoms with Gasteiger partial charge in [0.15, 0.2) is 0 Å². The third-order valence-electron chi connectivity index (χ3n) is 5.50. The summed E-state index contributed by atoms with van der Waals surface area (Å²) in [5, 5.41) is 0. The van der Waals surface area contributed by atoms with Crippen LogP contribution in [0, 0.1) is 23.2 Å². The molecule has 0 amide bonds. The first-order chi connectivity index (χ1) is 7.72. The summed E-state index contributed by atoms with van der Waals surface area (Å²) in [4.78, 5) is 12.3. The minimum atomic E-state index is 0.301. The van der Waals surface area contributed by atoms with Gasteiger partial charge in [0, 0.05) is 12.3 Å². The summed E-state index contributed by atoms with van der Waals surface area (Å²) in [6.07, 6.45) is 13.0. The van der Waals surface area contributed by atoms with Crippen LogP contribution >= 0.6 is 0 Å². The molecule has 0 saturated heterocycles. The molecule has 3 aliphatic rings. The second-order valence-corrected chi connectivity index (χ2v) is 6.29. The fourth-order valence-electron chi connectivity index (χ4n) is 4.61. The number of rotatable bonds is 0. The molecule has 0 aromatic rings. The lowest BCUT2D eigenvalue weighted by Gasteiger charge is -2.53. The first-order valence-corrected chi connectivity index (χ1v) is 6.89. The van der Waals surface area contributed by atoms with Crippen LogP contribution in [0.2, 0.25) is 0 Å². The SMILES string of the molecule is C[C@]12CC=CCC1C(=O)C[C@H]1CCCCC12. The number of allylic oxidation sites excluding steroid dienone is 2. The van der Waals surface area contributed by atoms with Crippen LogP contribution in [0.25, 0.3) is 0 Å². The van der Waals surface area contributed by atoms with Crippen molar-refractivity contribution in [3.63, 3.8) is 0 Å². The van der Waals surface area contributed by atoms with Gasteiger partial charge in [-0.2, -0.15) is 0 Å². The number of hydrogen-bond acceptors (Lipinski definition) is 1. The molecule has 2 saturated carbocycles.